The van der Waals surface area contributed by atoms with Crippen LogP contribution in [0.3, 0.4) is 0 Å². The number of amides is 1. The van der Waals surface area contributed by atoms with Crippen LogP contribution in [0.2, 0.25) is 5.02 Å². The maximum absolute atomic E-state index is 12.3. The number of aryl methyl sites for hydroxylation is 1. The van der Waals surface area contributed by atoms with Gasteiger partial charge in [-0.1, -0.05) is 29.8 Å². The van der Waals surface area contributed by atoms with E-state index in [4.69, 9.17) is 11.6 Å². The Morgan fingerprint density at radius 1 is 1.26 bits per heavy atom. The predicted octanol–water partition coefficient (Wildman–Crippen LogP) is 1.90. The molecule has 0 saturated carbocycles. The number of halogens is 1. The summed E-state index contributed by atoms with van der Waals surface area (Å²) in [5.74, 6) is -0.236. The molecule has 1 aliphatic rings. The lowest BCUT2D eigenvalue weighted by atomic mass is 10.1. The molecule has 1 saturated heterocycles. The zero-order valence-electron chi connectivity index (χ0n) is 15.1. The van der Waals surface area contributed by atoms with Crippen molar-refractivity contribution in [3.63, 3.8) is 0 Å². The molecule has 2 aromatic rings. The molecule has 0 bridgehead atoms. The number of anilines is 2. The molecule has 8 heteroatoms. The van der Waals surface area contributed by atoms with Gasteiger partial charge in [-0.3, -0.25) is 14.9 Å². The summed E-state index contributed by atoms with van der Waals surface area (Å²) in [6.45, 7) is 5.79. The average molecular weight is 390 g/mol. The Bertz CT molecular complexity index is 851. The monoisotopic (exact) mass is 389 g/mol. The van der Waals surface area contributed by atoms with E-state index in [9.17, 15) is 14.9 Å². The number of benzene rings is 2. The number of carbonyl (C=O) groups excluding carboxylic acids is 1. The van der Waals surface area contributed by atoms with Crippen molar-refractivity contribution in [3.8, 4) is 0 Å². The van der Waals surface area contributed by atoms with Gasteiger partial charge in [0.1, 0.15) is 5.69 Å². The number of quaternary nitrogens is 1. The molecule has 1 amide bonds. The van der Waals surface area contributed by atoms with E-state index < -0.39 is 4.92 Å². The first kappa shape index (κ1) is 19.1. The molecule has 0 aliphatic carbocycles. The van der Waals surface area contributed by atoms with Gasteiger partial charge in [-0.25, -0.2) is 0 Å². The van der Waals surface area contributed by atoms with Gasteiger partial charge in [0.05, 0.1) is 31.1 Å². The van der Waals surface area contributed by atoms with Crippen LogP contribution < -0.4 is 15.1 Å². The Labute approximate surface area is 162 Å². The molecule has 0 radical (unpaired) electrons. The maximum atomic E-state index is 12.3. The fourth-order valence-corrected chi connectivity index (χ4v) is 3.51. The average Bonchev–Trinajstić information content (AvgIpc) is 2.64. The summed E-state index contributed by atoms with van der Waals surface area (Å²) >= 11 is 5.80. The summed E-state index contributed by atoms with van der Waals surface area (Å²) in [4.78, 5) is 26.4. The van der Waals surface area contributed by atoms with Crippen LogP contribution in [0, 0.1) is 17.0 Å². The zero-order chi connectivity index (χ0) is 19.4. The Morgan fingerprint density at radius 2 is 1.96 bits per heavy atom. The van der Waals surface area contributed by atoms with Crippen LogP contribution in [0.1, 0.15) is 5.56 Å². The molecular formula is C19H22ClN4O3+. The Hall–Kier alpha value is -2.64. The fraction of sp³-hybridized carbons (Fsp3) is 0.316. The topological polar surface area (TPSA) is 79.9 Å². The number of carbonyl (C=O) groups is 1. The maximum Gasteiger partial charge on any atom is 0.294 e. The third-order valence-corrected chi connectivity index (χ3v) is 5.00. The van der Waals surface area contributed by atoms with Crippen molar-refractivity contribution in [2.24, 2.45) is 0 Å². The second-order valence-corrected chi connectivity index (χ2v) is 7.10. The molecule has 2 N–H and O–H groups in total. The summed E-state index contributed by atoms with van der Waals surface area (Å²) in [5.41, 5.74) is 2.45. The van der Waals surface area contributed by atoms with Crippen LogP contribution in [0.4, 0.5) is 17.1 Å². The van der Waals surface area contributed by atoms with Crippen molar-refractivity contribution in [3.05, 3.63) is 63.2 Å². The third kappa shape index (κ3) is 4.75. The number of rotatable bonds is 5. The second kappa shape index (κ2) is 8.37. The normalized spacial score (nSPS) is 14.8. The second-order valence-electron chi connectivity index (χ2n) is 6.67. The predicted molar refractivity (Wildman–Crippen MR) is 106 cm³/mol. The first-order valence-electron chi connectivity index (χ1n) is 8.82. The molecule has 0 unspecified atom stereocenters. The summed E-state index contributed by atoms with van der Waals surface area (Å²) in [7, 11) is 0. The quantitative estimate of drug-likeness (QED) is 0.604. The largest absolute Gasteiger partial charge is 0.360 e. The number of nitrogens with zero attached hydrogens (tertiary/aromatic N) is 2. The van der Waals surface area contributed by atoms with E-state index in [-0.39, 0.29) is 28.8 Å². The molecule has 142 valence electrons. The van der Waals surface area contributed by atoms with E-state index in [1.54, 1.807) is 0 Å². The first-order valence-corrected chi connectivity index (χ1v) is 9.20. The van der Waals surface area contributed by atoms with Crippen molar-refractivity contribution in [1.82, 2.24) is 0 Å². The molecule has 27 heavy (non-hydrogen) atoms. The molecule has 3 rings (SSSR count). The standard InChI is InChI=1S/C19H21ClN4O3/c1-14-4-2-3-5-17(14)23-10-8-22(9-11-23)13-19(25)21-16-7-6-15(20)12-18(16)24(26)27/h2-7,12H,8-11,13H2,1H3,(H,21,25)/p+1. The van der Waals surface area contributed by atoms with Crippen molar-refractivity contribution in [1.29, 1.82) is 0 Å². The number of nitro benzene ring substituents is 1. The minimum Gasteiger partial charge on any atom is -0.360 e. The van der Waals surface area contributed by atoms with Gasteiger partial charge < -0.3 is 15.1 Å². The van der Waals surface area contributed by atoms with Crippen molar-refractivity contribution >= 4 is 34.6 Å². The van der Waals surface area contributed by atoms with E-state index in [1.165, 1.54) is 29.4 Å². The van der Waals surface area contributed by atoms with Gasteiger partial charge in [-0.2, -0.15) is 0 Å². The van der Waals surface area contributed by atoms with Gasteiger partial charge in [-0.15, -0.1) is 0 Å². The lowest BCUT2D eigenvalue weighted by molar-refractivity contribution is -0.892. The van der Waals surface area contributed by atoms with Crippen molar-refractivity contribution in [2.45, 2.75) is 6.92 Å². The van der Waals surface area contributed by atoms with Gasteiger partial charge in [0, 0.05) is 16.8 Å². The minimum atomic E-state index is -0.546. The van der Waals surface area contributed by atoms with Gasteiger partial charge in [0.2, 0.25) is 0 Å². The van der Waals surface area contributed by atoms with Gasteiger partial charge in [-0.05, 0) is 30.7 Å². The van der Waals surface area contributed by atoms with Crippen LogP contribution in [-0.4, -0.2) is 43.6 Å². The summed E-state index contributed by atoms with van der Waals surface area (Å²) < 4.78 is 0. The molecule has 0 atom stereocenters. The SMILES string of the molecule is Cc1ccccc1N1CC[NH+](CC(=O)Nc2ccc(Cl)cc2[N+](=O)[O-])CC1. The van der Waals surface area contributed by atoms with Crippen LogP contribution in [0.5, 0.6) is 0 Å². The van der Waals surface area contributed by atoms with E-state index in [0.717, 1.165) is 31.1 Å². The molecular weight excluding hydrogens is 368 g/mol. The lowest BCUT2D eigenvalue weighted by Crippen LogP contribution is -3.15. The molecule has 1 aliphatic heterocycles. The lowest BCUT2D eigenvalue weighted by Gasteiger charge is -2.34. The van der Waals surface area contributed by atoms with Crippen LogP contribution >= 0.6 is 11.6 Å². The Balaban J connectivity index is 1.56. The Morgan fingerprint density at radius 3 is 2.63 bits per heavy atom. The van der Waals surface area contributed by atoms with Crippen molar-refractivity contribution in [2.75, 3.05) is 42.9 Å². The number of piperazine rings is 1. The summed E-state index contributed by atoms with van der Waals surface area (Å²) in [6, 6.07) is 12.5. The van der Waals surface area contributed by atoms with E-state index in [0.29, 0.717) is 0 Å². The third-order valence-electron chi connectivity index (χ3n) is 4.77. The molecule has 0 aromatic heterocycles. The van der Waals surface area contributed by atoms with Gasteiger partial charge in [0.25, 0.3) is 11.6 Å². The smallest absolute Gasteiger partial charge is 0.294 e. The highest BCUT2D eigenvalue weighted by Crippen LogP contribution is 2.27. The highest BCUT2D eigenvalue weighted by molar-refractivity contribution is 6.31. The van der Waals surface area contributed by atoms with E-state index in [2.05, 4.69) is 29.3 Å². The highest BCUT2D eigenvalue weighted by atomic mass is 35.5. The van der Waals surface area contributed by atoms with Crippen LogP contribution in [0.25, 0.3) is 0 Å². The number of nitrogens with one attached hydrogen (secondary N) is 2. The number of nitro groups is 1. The number of hydrogen-bond donors (Lipinski definition) is 2. The first-order chi connectivity index (χ1) is 12.9. The molecule has 2 aromatic carbocycles. The highest BCUT2D eigenvalue weighted by Gasteiger charge is 2.24. The minimum absolute atomic E-state index is 0.173. The van der Waals surface area contributed by atoms with Crippen LogP contribution in [-0.2, 0) is 4.79 Å². The molecule has 1 fully saturated rings. The molecule has 1 heterocycles. The number of hydrogen-bond acceptors (Lipinski definition) is 4. The summed E-state index contributed by atoms with van der Waals surface area (Å²) in [5, 5.41) is 14.0. The Kier molecular flexibility index (Phi) is 5.93. The summed E-state index contributed by atoms with van der Waals surface area (Å²) in [6.07, 6.45) is 0. The van der Waals surface area contributed by atoms with E-state index in [1.807, 2.05) is 12.1 Å². The van der Waals surface area contributed by atoms with Gasteiger partial charge >= 0.3 is 0 Å². The number of para-hydroxylation sites is 1. The molecule has 7 nitrogen and oxygen atoms in total. The van der Waals surface area contributed by atoms with Crippen molar-refractivity contribution < 1.29 is 14.6 Å². The molecule has 0 spiro atoms. The zero-order valence-corrected chi connectivity index (χ0v) is 15.8. The van der Waals surface area contributed by atoms with E-state index >= 15 is 0 Å². The van der Waals surface area contributed by atoms with Crippen LogP contribution in [0.15, 0.2) is 42.5 Å². The van der Waals surface area contributed by atoms with Gasteiger partial charge in [0.15, 0.2) is 6.54 Å². The fourth-order valence-electron chi connectivity index (χ4n) is 3.34.